The van der Waals surface area contributed by atoms with Gasteiger partial charge in [0.1, 0.15) is 5.75 Å². The fraction of sp³-hybridized carbons (Fsp3) is 0.571. The van der Waals surface area contributed by atoms with E-state index in [9.17, 15) is 18.3 Å². The van der Waals surface area contributed by atoms with Crippen LogP contribution in [-0.2, 0) is 4.74 Å². The lowest BCUT2D eigenvalue weighted by atomic mass is 10.2. The summed E-state index contributed by atoms with van der Waals surface area (Å²) >= 11 is 0. The van der Waals surface area contributed by atoms with Gasteiger partial charge in [-0.2, -0.15) is 13.2 Å². The van der Waals surface area contributed by atoms with E-state index in [1.807, 2.05) is 0 Å². The third-order valence-corrected chi connectivity index (χ3v) is 2.79. The number of benzene rings is 1. The van der Waals surface area contributed by atoms with Gasteiger partial charge < -0.3 is 25.0 Å². The zero-order valence-electron chi connectivity index (χ0n) is 12.1. The SMILES string of the molecule is COC[C@H](O)CNc1ccc(OCC[C@@H](O)C(F)(F)F)cc1. The number of methoxy groups -OCH3 is 1. The molecule has 0 aliphatic heterocycles. The highest BCUT2D eigenvalue weighted by Gasteiger charge is 2.37. The van der Waals surface area contributed by atoms with Crippen LogP contribution in [0.15, 0.2) is 24.3 Å². The first-order valence-electron chi connectivity index (χ1n) is 6.71. The fourth-order valence-electron chi connectivity index (χ4n) is 1.61. The van der Waals surface area contributed by atoms with Crippen molar-refractivity contribution in [3.8, 4) is 5.75 Å². The fourth-order valence-corrected chi connectivity index (χ4v) is 1.61. The van der Waals surface area contributed by atoms with Gasteiger partial charge in [0.05, 0.1) is 19.3 Å². The maximum atomic E-state index is 12.1. The minimum absolute atomic E-state index is 0.218. The Balaban J connectivity index is 2.33. The molecule has 0 saturated heterocycles. The summed E-state index contributed by atoms with van der Waals surface area (Å²) < 4.78 is 46.2. The third kappa shape index (κ3) is 6.97. The van der Waals surface area contributed by atoms with E-state index in [4.69, 9.17) is 14.6 Å². The predicted molar refractivity (Wildman–Crippen MR) is 75.0 cm³/mol. The van der Waals surface area contributed by atoms with Crippen LogP contribution >= 0.6 is 0 Å². The highest BCUT2D eigenvalue weighted by molar-refractivity contribution is 5.46. The maximum Gasteiger partial charge on any atom is 0.414 e. The van der Waals surface area contributed by atoms with Crippen molar-refractivity contribution in [1.82, 2.24) is 0 Å². The van der Waals surface area contributed by atoms with Crippen molar-refractivity contribution in [1.29, 1.82) is 0 Å². The lowest BCUT2D eigenvalue weighted by molar-refractivity contribution is -0.206. The molecular formula is C14H20F3NO4. The van der Waals surface area contributed by atoms with E-state index in [1.165, 1.54) is 7.11 Å². The van der Waals surface area contributed by atoms with E-state index < -0.39 is 24.8 Å². The van der Waals surface area contributed by atoms with Crippen LogP contribution in [-0.4, -0.2) is 55.5 Å². The number of rotatable bonds is 9. The smallest absolute Gasteiger partial charge is 0.414 e. The van der Waals surface area contributed by atoms with Gasteiger partial charge in [-0.3, -0.25) is 0 Å². The number of alkyl halides is 3. The van der Waals surface area contributed by atoms with E-state index >= 15 is 0 Å². The van der Waals surface area contributed by atoms with Gasteiger partial charge in [-0.25, -0.2) is 0 Å². The number of aliphatic hydroxyl groups excluding tert-OH is 2. The molecule has 5 nitrogen and oxygen atoms in total. The predicted octanol–water partition coefficient (Wildman–Crippen LogP) is 1.80. The lowest BCUT2D eigenvalue weighted by Gasteiger charge is -2.15. The zero-order valence-corrected chi connectivity index (χ0v) is 12.1. The Kier molecular flexibility index (Phi) is 7.43. The number of halogens is 3. The second-order valence-electron chi connectivity index (χ2n) is 4.71. The van der Waals surface area contributed by atoms with E-state index in [-0.39, 0.29) is 13.2 Å². The Labute approximate surface area is 126 Å². The zero-order chi connectivity index (χ0) is 16.6. The molecule has 8 heteroatoms. The van der Waals surface area contributed by atoms with Gasteiger partial charge >= 0.3 is 6.18 Å². The van der Waals surface area contributed by atoms with E-state index in [2.05, 4.69) is 5.32 Å². The van der Waals surface area contributed by atoms with Crippen molar-refractivity contribution in [2.24, 2.45) is 0 Å². The summed E-state index contributed by atoms with van der Waals surface area (Å²) in [4.78, 5) is 0. The Morgan fingerprint density at radius 2 is 1.82 bits per heavy atom. The molecule has 0 spiro atoms. The van der Waals surface area contributed by atoms with Crippen LogP contribution in [0.1, 0.15) is 6.42 Å². The molecule has 3 N–H and O–H groups in total. The van der Waals surface area contributed by atoms with Crippen LogP contribution in [0.3, 0.4) is 0 Å². The van der Waals surface area contributed by atoms with Crippen LogP contribution in [0, 0.1) is 0 Å². The second-order valence-corrected chi connectivity index (χ2v) is 4.71. The quantitative estimate of drug-likeness (QED) is 0.646. The van der Waals surface area contributed by atoms with Crippen molar-refractivity contribution >= 4 is 5.69 Å². The van der Waals surface area contributed by atoms with Gasteiger partial charge in [-0.1, -0.05) is 0 Å². The molecule has 0 amide bonds. The van der Waals surface area contributed by atoms with Crippen molar-refractivity contribution in [3.05, 3.63) is 24.3 Å². The Morgan fingerprint density at radius 3 is 2.36 bits per heavy atom. The van der Waals surface area contributed by atoms with Crippen LogP contribution in [0.25, 0.3) is 0 Å². The molecule has 0 radical (unpaired) electrons. The van der Waals surface area contributed by atoms with Crippen molar-refractivity contribution in [3.63, 3.8) is 0 Å². The summed E-state index contributed by atoms with van der Waals surface area (Å²) in [5.41, 5.74) is 0.734. The van der Waals surface area contributed by atoms with Crippen LogP contribution in [0.5, 0.6) is 5.75 Å². The second kappa shape index (κ2) is 8.82. The van der Waals surface area contributed by atoms with Gasteiger partial charge in [0.2, 0.25) is 0 Å². The van der Waals surface area contributed by atoms with Gasteiger partial charge in [-0.15, -0.1) is 0 Å². The molecule has 0 fully saturated rings. The lowest BCUT2D eigenvalue weighted by Crippen LogP contribution is -2.30. The molecule has 0 aromatic heterocycles. The molecular weight excluding hydrogens is 303 g/mol. The highest BCUT2D eigenvalue weighted by Crippen LogP contribution is 2.23. The van der Waals surface area contributed by atoms with Crippen LogP contribution in [0.2, 0.25) is 0 Å². The number of nitrogens with one attached hydrogen (secondary N) is 1. The molecule has 2 atom stereocenters. The Hall–Kier alpha value is -1.51. The Bertz CT molecular complexity index is 425. The molecule has 0 aliphatic rings. The van der Waals surface area contributed by atoms with E-state index in [0.29, 0.717) is 12.3 Å². The molecule has 0 heterocycles. The topological polar surface area (TPSA) is 71.0 Å². The molecule has 0 unspecified atom stereocenters. The molecule has 126 valence electrons. The summed E-state index contributed by atoms with van der Waals surface area (Å²) in [7, 11) is 1.49. The number of hydrogen-bond acceptors (Lipinski definition) is 5. The molecule has 22 heavy (non-hydrogen) atoms. The summed E-state index contributed by atoms with van der Waals surface area (Å²) in [6.07, 6.45) is -8.16. The third-order valence-electron chi connectivity index (χ3n) is 2.79. The van der Waals surface area contributed by atoms with Gasteiger partial charge in [0, 0.05) is 25.8 Å². The van der Waals surface area contributed by atoms with E-state index in [1.54, 1.807) is 24.3 Å². The van der Waals surface area contributed by atoms with E-state index in [0.717, 1.165) is 5.69 Å². The first kappa shape index (κ1) is 18.5. The summed E-state index contributed by atoms with van der Waals surface area (Å²) in [6, 6.07) is 6.53. The number of aliphatic hydroxyl groups is 2. The molecule has 0 aliphatic carbocycles. The summed E-state index contributed by atoms with van der Waals surface area (Å²) in [6.45, 7) is 0.293. The minimum atomic E-state index is -4.62. The van der Waals surface area contributed by atoms with Crippen molar-refractivity contribution < 1.29 is 32.9 Å². The van der Waals surface area contributed by atoms with Crippen molar-refractivity contribution in [2.75, 3.05) is 32.2 Å². The first-order valence-corrected chi connectivity index (χ1v) is 6.71. The monoisotopic (exact) mass is 323 g/mol. The van der Waals surface area contributed by atoms with Gasteiger partial charge in [-0.05, 0) is 24.3 Å². The average molecular weight is 323 g/mol. The minimum Gasteiger partial charge on any atom is -0.493 e. The number of ether oxygens (including phenoxy) is 2. The number of hydrogen-bond donors (Lipinski definition) is 3. The highest BCUT2D eigenvalue weighted by atomic mass is 19.4. The largest absolute Gasteiger partial charge is 0.493 e. The number of anilines is 1. The molecule has 1 rings (SSSR count). The Morgan fingerprint density at radius 1 is 1.18 bits per heavy atom. The molecule has 0 bridgehead atoms. The molecule has 1 aromatic carbocycles. The molecule has 0 saturated carbocycles. The summed E-state index contributed by atoms with van der Waals surface area (Å²) in [5, 5.41) is 21.3. The molecule has 1 aromatic rings. The first-order chi connectivity index (χ1) is 10.3. The van der Waals surface area contributed by atoms with Crippen molar-refractivity contribution in [2.45, 2.75) is 24.8 Å². The van der Waals surface area contributed by atoms with Crippen LogP contribution in [0.4, 0.5) is 18.9 Å². The normalized spacial score (nSPS) is 14.5. The van der Waals surface area contributed by atoms with Gasteiger partial charge in [0.25, 0.3) is 0 Å². The van der Waals surface area contributed by atoms with Gasteiger partial charge in [0.15, 0.2) is 6.10 Å². The average Bonchev–Trinajstić information content (AvgIpc) is 2.45. The standard InChI is InChI=1S/C14H20F3NO4/c1-21-9-11(19)8-18-10-2-4-12(5-3-10)22-7-6-13(20)14(15,16)17/h2-5,11,13,18-20H,6-9H2,1H3/t11-,13-/m1/s1. The summed E-state index contributed by atoms with van der Waals surface area (Å²) in [5.74, 6) is 0.400. The van der Waals surface area contributed by atoms with Crippen LogP contribution < -0.4 is 10.1 Å². The maximum absolute atomic E-state index is 12.1.